The van der Waals surface area contributed by atoms with Crippen molar-refractivity contribution in [2.75, 3.05) is 12.4 Å². The summed E-state index contributed by atoms with van der Waals surface area (Å²) in [4.78, 5) is 41.8. The summed E-state index contributed by atoms with van der Waals surface area (Å²) in [5.41, 5.74) is 0.209. The zero-order chi connectivity index (χ0) is 21.8. The summed E-state index contributed by atoms with van der Waals surface area (Å²) < 4.78 is 2.95. The van der Waals surface area contributed by atoms with E-state index >= 15 is 0 Å². The van der Waals surface area contributed by atoms with E-state index in [2.05, 4.69) is 9.88 Å². The van der Waals surface area contributed by atoms with E-state index in [1.165, 1.54) is 28.9 Å². The van der Waals surface area contributed by atoms with Gasteiger partial charge in [0.05, 0.1) is 11.1 Å². The van der Waals surface area contributed by atoms with Gasteiger partial charge in [-0.3, -0.25) is 19.8 Å². The van der Waals surface area contributed by atoms with Crippen LogP contribution in [0.15, 0.2) is 45.6 Å². The third kappa shape index (κ3) is 4.60. The Balaban J connectivity index is 1.70. The number of para-hydroxylation sites is 1. The Labute approximate surface area is 181 Å². The number of β-lactam (4-membered cyclic amide) rings is 1. The summed E-state index contributed by atoms with van der Waals surface area (Å²) in [7, 11) is 0. The van der Waals surface area contributed by atoms with Crippen molar-refractivity contribution >= 4 is 47.5 Å². The minimum atomic E-state index is -1.22. The summed E-state index contributed by atoms with van der Waals surface area (Å²) in [5.74, 6) is -1.01. The first kappa shape index (κ1) is 22.1. The van der Waals surface area contributed by atoms with Gasteiger partial charge >= 0.3 is 5.97 Å². The largest absolute Gasteiger partial charge is 0.477 e. The van der Waals surface area contributed by atoms with Gasteiger partial charge in [0, 0.05) is 17.4 Å². The number of amides is 1. The summed E-state index contributed by atoms with van der Waals surface area (Å²) in [6.45, 7) is 4.33. The SMILES string of the molecule is CC(C)CON=CC1=C(C(=O)O)N2C(=O)[C@@H](NSc3ccccc3[N+](=O)[O-])[C@H]2SC1. The Morgan fingerprint density at radius 3 is 2.93 bits per heavy atom. The summed E-state index contributed by atoms with van der Waals surface area (Å²) >= 11 is 2.38. The number of nitro benzene ring substituents is 1. The van der Waals surface area contributed by atoms with Crippen molar-refractivity contribution in [3.05, 3.63) is 45.6 Å². The molecule has 2 aliphatic rings. The molecule has 1 aromatic carbocycles. The smallest absolute Gasteiger partial charge is 0.353 e. The van der Waals surface area contributed by atoms with Crippen LogP contribution in [0.2, 0.25) is 0 Å². The second kappa shape index (κ2) is 9.49. The number of carboxylic acid groups (broad SMARTS) is 1. The predicted molar refractivity (Wildman–Crippen MR) is 113 cm³/mol. The summed E-state index contributed by atoms with van der Waals surface area (Å²) in [6.07, 6.45) is 1.34. The number of nitrogens with one attached hydrogen (secondary N) is 1. The number of benzene rings is 1. The molecule has 1 amide bonds. The quantitative estimate of drug-likeness (QED) is 0.190. The zero-order valence-corrected chi connectivity index (χ0v) is 17.8. The van der Waals surface area contributed by atoms with Crippen LogP contribution >= 0.6 is 23.7 Å². The minimum absolute atomic E-state index is 0.0686. The molecule has 1 aromatic rings. The van der Waals surface area contributed by atoms with Gasteiger partial charge in [0.2, 0.25) is 5.91 Å². The predicted octanol–water partition coefficient (Wildman–Crippen LogP) is 2.47. The van der Waals surface area contributed by atoms with Crippen molar-refractivity contribution in [2.45, 2.75) is 30.2 Å². The normalized spacial score (nSPS) is 21.0. The van der Waals surface area contributed by atoms with Crippen LogP contribution in [0.25, 0.3) is 0 Å². The molecule has 0 bridgehead atoms. The molecule has 2 heterocycles. The van der Waals surface area contributed by atoms with Crippen molar-refractivity contribution in [3.8, 4) is 0 Å². The fourth-order valence-corrected chi connectivity index (χ4v) is 5.09. The lowest BCUT2D eigenvalue weighted by Gasteiger charge is -2.49. The summed E-state index contributed by atoms with van der Waals surface area (Å²) in [6, 6.07) is 5.53. The van der Waals surface area contributed by atoms with Gasteiger partial charge in [-0.1, -0.05) is 31.1 Å². The Morgan fingerprint density at radius 2 is 2.27 bits per heavy atom. The first-order chi connectivity index (χ1) is 14.3. The maximum atomic E-state index is 12.6. The minimum Gasteiger partial charge on any atom is -0.477 e. The van der Waals surface area contributed by atoms with E-state index in [1.807, 2.05) is 13.8 Å². The molecule has 0 aliphatic carbocycles. The van der Waals surface area contributed by atoms with Gasteiger partial charge in [-0.25, -0.2) is 9.52 Å². The third-order valence-corrected chi connectivity index (χ3v) is 6.49. The number of carbonyl (C=O) groups is 2. The number of nitrogens with zero attached hydrogens (tertiary/aromatic N) is 3. The molecule has 3 rings (SSSR count). The first-order valence-electron chi connectivity index (χ1n) is 9.03. The second-order valence-electron chi connectivity index (χ2n) is 6.94. The van der Waals surface area contributed by atoms with Crippen LogP contribution in [0.3, 0.4) is 0 Å². The molecule has 0 saturated carbocycles. The number of carboxylic acids is 1. The zero-order valence-electron chi connectivity index (χ0n) is 16.2. The van der Waals surface area contributed by atoms with E-state index in [9.17, 15) is 24.8 Å². The molecule has 1 fully saturated rings. The van der Waals surface area contributed by atoms with Crippen LogP contribution in [-0.2, 0) is 14.4 Å². The van der Waals surface area contributed by atoms with E-state index in [-0.39, 0.29) is 17.3 Å². The monoisotopic (exact) mass is 452 g/mol. The van der Waals surface area contributed by atoms with Gasteiger partial charge < -0.3 is 9.94 Å². The molecule has 30 heavy (non-hydrogen) atoms. The third-order valence-electron chi connectivity index (χ3n) is 4.25. The molecule has 0 radical (unpaired) electrons. The molecule has 12 heteroatoms. The van der Waals surface area contributed by atoms with Gasteiger partial charge in [-0.15, -0.1) is 11.8 Å². The van der Waals surface area contributed by atoms with E-state index in [1.54, 1.807) is 18.2 Å². The van der Waals surface area contributed by atoms with Crippen LogP contribution in [0.4, 0.5) is 5.69 Å². The summed E-state index contributed by atoms with van der Waals surface area (Å²) in [5, 5.41) is 24.1. The molecule has 2 atom stereocenters. The molecule has 10 nitrogen and oxygen atoms in total. The fraction of sp³-hybridized carbons (Fsp3) is 0.389. The Hall–Kier alpha value is -2.57. The van der Waals surface area contributed by atoms with Gasteiger partial charge in [0.15, 0.2) is 0 Å². The molecule has 0 aromatic heterocycles. The Bertz CT molecular complexity index is 920. The standard InChI is InChI=1S/C18H20N4O6S2/c1-10(2)8-28-19-7-11-9-29-17-14(16(23)21(17)15(11)18(24)25)20-30-13-6-4-3-5-12(13)22(26)27/h3-7,10,14,17,20H,8-9H2,1-2H3,(H,24,25)/t14-,17-/m1/s1. The van der Waals surface area contributed by atoms with Crippen LogP contribution in [-0.4, -0.2) is 56.8 Å². The molecule has 160 valence electrons. The maximum absolute atomic E-state index is 12.6. The molecule has 0 unspecified atom stereocenters. The highest BCUT2D eigenvalue weighted by molar-refractivity contribution is 8.00. The van der Waals surface area contributed by atoms with Crippen molar-refractivity contribution in [1.82, 2.24) is 9.62 Å². The van der Waals surface area contributed by atoms with Crippen LogP contribution in [0, 0.1) is 16.0 Å². The molecular formula is C18H20N4O6S2. The highest BCUT2D eigenvalue weighted by atomic mass is 32.2. The highest BCUT2D eigenvalue weighted by Crippen LogP contribution is 2.41. The van der Waals surface area contributed by atoms with E-state index in [4.69, 9.17) is 4.84 Å². The molecule has 1 saturated heterocycles. The lowest BCUT2D eigenvalue weighted by molar-refractivity contribution is -0.387. The number of oxime groups is 1. The van der Waals surface area contributed by atoms with Crippen molar-refractivity contribution in [3.63, 3.8) is 0 Å². The van der Waals surface area contributed by atoms with Crippen molar-refractivity contribution in [1.29, 1.82) is 0 Å². The number of carbonyl (C=O) groups excluding carboxylic acids is 1. The van der Waals surface area contributed by atoms with Crippen molar-refractivity contribution < 1.29 is 24.5 Å². The fourth-order valence-electron chi connectivity index (χ4n) is 2.83. The lowest BCUT2D eigenvalue weighted by atomic mass is 10.0. The van der Waals surface area contributed by atoms with Crippen LogP contribution in [0.1, 0.15) is 13.8 Å². The number of hydrogen-bond acceptors (Lipinski definition) is 9. The average Bonchev–Trinajstić information content (AvgIpc) is 2.70. The highest BCUT2D eigenvalue weighted by Gasteiger charge is 2.53. The second-order valence-corrected chi connectivity index (χ2v) is 8.92. The lowest BCUT2D eigenvalue weighted by Crippen LogP contribution is -2.68. The van der Waals surface area contributed by atoms with E-state index in [0.29, 0.717) is 22.8 Å². The van der Waals surface area contributed by atoms with E-state index < -0.39 is 28.2 Å². The maximum Gasteiger partial charge on any atom is 0.353 e. The average molecular weight is 453 g/mol. The molecule has 0 spiro atoms. The van der Waals surface area contributed by atoms with E-state index in [0.717, 1.165) is 11.9 Å². The number of fused-ring (bicyclic) bond motifs is 1. The van der Waals surface area contributed by atoms with Gasteiger partial charge in [0.25, 0.3) is 5.69 Å². The van der Waals surface area contributed by atoms with Crippen LogP contribution in [0.5, 0.6) is 0 Å². The Morgan fingerprint density at radius 1 is 1.53 bits per heavy atom. The Kier molecular flexibility index (Phi) is 7.00. The number of rotatable bonds is 9. The molecular weight excluding hydrogens is 432 g/mol. The molecule has 2 N–H and O–H groups in total. The van der Waals surface area contributed by atoms with Gasteiger partial charge in [-0.05, 0) is 23.9 Å². The number of thioether (sulfide) groups is 1. The van der Waals surface area contributed by atoms with Crippen LogP contribution < -0.4 is 4.72 Å². The van der Waals surface area contributed by atoms with Gasteiger partial charge in [-0.2, -0.15) is 0 Å². The number of nitro groups is 1. The number of aliphatic carboxylic acids is 1. The number of hydrogen-bond donors (Lipinski definition) is 2. The van der Waals surface area contributed by atoms with Crippen molar-refractivity contribution in [2.24, 2.45) is 11.1 Å². The topological polar surface area (TPSA) is 134 Å². The molecule has 2 aliphatic heterocycles. The first-order valence-corrected chi connectivity index (χ1v) is 10.9. The van der Waals surface area contributed by atoms with Gasteiger partial charge in [0.1, 0.15) is 28.6 Å².